The summed E-state index contributed by atoms with van der Waals surface area (Å²) in [4.78, 5) is 12.7. The number of hydrogen-bond donors (Lipinski definition) is 1. The van der Waals surface area contributed by atoms with Crippen molar-refractivity contribution in [3.8, 4) is 0 Å². The van der Waals surface area contributed by atoms with Gasteiger partial charge in [0.25, 0.3) is 0 Å². The van der Waals surface area contributed by atoms with E-state index in [1.807, 2.05) is 14.1 Å². The second kappa shape index (κ2) is 4.76. The lowest BCUT2D eigenvalue weighted by atomic mass is 10.2. The number of β-amino-alcohol motifs (C(OH)–C–C–N with tert-alkyl or cyclic N) is 1. The number of aliphatic hydroxyl groups is 1. The number of likely N-dealkylation sites (N-methyl/N-ethyl adjacent to an activating group) is 1. The maximum absolute atomic E-state index is 9.73. The third kappa shape index (κ3) is 2.48. The molecule has 0 aromatic carbocycles. The van der Waals surface area contributed by atoms with E-state index in [4.69, 9.17) is 0 Å². The van der Waals surface area contributed by atoms with E-state index in [-0.39, 0.29) is 6.10 Å². The summed E-state index contributed by atoms with van der Waals surface area (Å²) in [6, 6.07) is 2.10. The van der Waals surface area contributed by atoms with E-state index in [0.29, 0.717) is 18.5 Å². The van der Waals surface area contributed by atoms with Crippen molar-refractivity contribution >= 4 is 5.95 Å². The van der Waals surface area contributed by atoms with Gasteiger partial charge in [0.05, 0.1) is 6.10 Å². The quantitative estimate of drug-likeness (QED) is 0.779. The fraction of sp³-hybridized carbons (Fsp3) is 0.636. The van der Waals surface area contributed by atoms with E-state index in [9.17, 15) is 5.11 Å². The summed E-state index contributed by atoms with van der Waals surface area (Å²) in [5.41, 5.74) is 0. The molecule has 1 N–H and O–H groups in total. The van der Waals surface area contributed by atoms with E-state index in [1.165, 1.54) is 0 Å². The van der Waals surface area contributed by atoms with E-state index in [1.54, 1.807) is 18.5 Å². The first kappa shape index (κ1) is 11.3. The molecule has 2 atom stereocenters. The van der Waals surface area contributed by atoms with Crippen LogP contribution < -0.4 is 4.90 Å². The molecule has 2 rings (SSSR count). The van der Waals surface area contributed by atoms with Gasteiger partial charge in [-0.25, -0.2) is 9.97 Å². The van der Waals surface area contributed by atoms with Crippen molar-refractivity contribution in [2.24, 2.45) is 0 Å². The van der Waals surface area contributed by atoms with Crippen LogP contribution in [0.3, 0.4) is 0 Å². The SMILES string of the molecule is CN(C)CC1CC(O)CN1c1ncccn1. The molecule has 16 heavy (non-hydrogen) atoms. The van der Waals surface area contributed by atoms with Crippen molar-refractivity contribution in [3.63, 3.8) is 0 Å². The van der Waals surface area contributed by atoms with Crippen LogP contribution in [0.5, 0.6) is 0 Å². The lowest BCUT2D eigenvalue weighted by molar-refractivity contribution is 0.191. The minimum Gasteiger partial charge on any atom is -0.391 e. The molecule has 1 fully saturated rings. The molecule has 0 spiro atoms. The second-order valence-corrected chi connectivity index (χ2v) is 4.51. The van der Waals surface area contributed by atoms with Crippen LogP contribution in [0.25, 0.3) is 0 Å². The Morgan fingerprint density at radius 1 is 1.44 bits per heavy atom. The molecule has 1 aromatic heterocycles. The van der Waals surface area contributed by atoms with Crippen LogP contribution in [0.4, 0.5) is 5.95 Å². The van der Waals surface area contributed by atoms with Crippen LogP contribution in [-0.4, -0.2) is 59.3 Å². The molecule has 1 aromatic rings. The van der Waals surface area contributed by atoms with Crippen molar-refractivity contribution < 1.29 is 5.11 Å². The highest BCUT2D eigenvalue weighted by Crippen LogP contribution is 2.22. The van der Waals surface area contributed by atoms with Gasteiger partial charge in [-0.2, -0.15) is 0 Å². The largest absolute Gasteiger partial charge is 0.391 e. The van der Waals surface area contributed by atoms with Crippen molar-refractivity contribution in [2.75, 3.05) is 32.1 Å². The van der Waals surface area contributed by atoms with Gasteiger partial charge in [0.15, 0.2) is 0 Å². The van der Waals surface area contributed by atoms with E-state index in [0.717, 1.165) is 13.0 Å². The van der Waals surface area contributed by atoms with Crippen molar-refractivity contribution in [1.82, 2.24) is 14.9 Å². The van der Waals surface area contributed by atoms with Gasteiger partial charge < -0.3 is 14.9 Å². The number of hydrogen-bond acceptors (Lipinski definition) is 5. The zero-order valence-electron chi connectivity index (χ0n) is 9.74. The average Bonchev–Trinajstić information content (AvgIpc) is 2.60. The van der Waals surface area contributed by atoms with Gasteiger partial charge in [-0.05, 0) is 26.6 Å². The van der Waals surface area contributed by atoms with Gasteiger partial charge in [-0.1, -0.05) is 0 Å². The molecule has 0 bridgehead atoms. The summed E-state index contributed by atoms with van der Waals surface area (Å²) in [5, 5.41) is 9.73. The Kier molecular flexibility index (Phi) is 3.36. The highest BCUT2D eigenvalue weighted by molar-refractivity contribution is 5.33. The monoisotopic (exact) mass is 222 g/mol. The Morgan fingerprint density at radius 3 is 2.75 bits per heavy atom. The normalized spacial score (nSPS) is 25.4. The zero-order chi connectivity index (χ0) is 11.5. The summed E-state index contributed by atoms with van der Waals surface area (Å²) in [6.45, 7) is 1.54. The maximum atomic E-state index is 9.73. The number of rotatable bonds is 3. The minimum atomic E-state index is -0.270. The van der Waals surface area contributed by atoms with Crippen LogP contribution in [0.1, 0.15) is 6.42 Å². The van der Waals surface area contributed by atoms with Gasteiger partial charge in [0, 0.05) is 31.5 Å². The Bertz CT molecular complexity index is 330. The lowest BCUT2D eigenvalue weighted by Gasteiger charge is -2.26. The third-order valence-corrected chi connectivity index (χ3v) is 2.78. The summed E-state index contributed by atoms with van der Waals surface area (Å²) < 4.78 is 0. The number of nitrogens with zero attached hydrogens (tertiary/aromatic N) is 4. The number of anilines is 1. The summed E-state index contributed by atoms with van der Waals surface area (Å²) in [7, 11) is 4.07. The fourth-order valence-electron chi connectivity index (χ4n) is 2.17. The molecule has 1 aliphatic heterocycles. The molecule has 1 saturated heterocycles. The average molecular weight is 222 g/mol. The Labute approximate surface area is 95.7 Å². The Hall–Kier alpha value is -1.20. The summed E-state index contributed by atoms with van der Waals surface area (Å²) in [5.74, 6) is 0.714. The predicted octanol–water partition coefficient (Wildman–Crippen LogP) is -0.0222. The second-order valence-electron chi connectivity index (χ2n) is 4.51. The van der Waals surface area contributed by atoms with Gasteiger partial charge >= 0.3 is 0 Å². The zero-order valence-corrected chi connectivity index (χ0v) is 9.74. The Balaban J connectivity index is 2.12. The first-order valence-corrected chi connectivity index (χ1v) is 5.53. The summed E-state index contributed by atoms with van der Waals surface area (Å²) >= 11 is 0. The lowest BCUT2D eigenvalue weighted by Crippen LogP contribution is -2.38. The van der Waals surface area contributed by atoms with Crippen LogP contribution >= 0.6 is 0 Å². The molecule has 1 aliphatic rings. The van der Waals surface area contributed by atoms with Crippen LogP contribution in [-0.2, 0) is 0 Å². The molecule has 2 heterocycles. The third-order valence-electron chi connectivity index (χ3n) is 2.78. The Morgan fingerprint density at radius 2 is 2.12 bits per heavy atom. The van der Waals surface area contributed by atoms with Crippen LogP contribution in [0.15, 0.2) is 18.5 Å². The molecule has 0 amide bonds. The van der Waals surface area contributed by atoms with Crippen molar-refractivity contribution in [3.05, 3.63) is 18.5 Å². The van der Waals surface area contributed by atoms with Gasteiger partial charge in [0.2, 0.25) is 5.95 Å². The van der Waals surface area contributed by atoms with Gasteiger partial charge in [-0.3, -0.25) is 0 Å². The molecule has 5 nitrogen and oxygen atoms in total. The minimum absolute atomic E-state index is 0.270. The highest BCUT2D eigenvalue weighted by atomic mass is 16.3. The number of aliphatic hydroxyl groups excluding tert-OH is 1. The van der Waals surface area contributed by atoms with Crippen molar-refractivity contribution in [2.45, 2.75) is 18.6 Å². The van der Waals surface area contributed by atoms with E-state index in [2.05, 4.69) is 19.8 Å². The standard InChI is InChI=1S/C11H18N4O/c1-14(2)7-9-6-10(16)8-15(9)11-12-4-3-5-13-11/h3-5,9-10,16H,6-8H2,1-2H3. The van der Waals surface area contributed by atoms with Crippen LogP contribution in [0.2, 0.25) is 0 Å². The molecule has 0 radical (unpaired) electrons. The molecule has 0 aliphatic carbocycles. The number of aromatic nitrogens is 2. The van der Waals surface area contributed by atoms with Crippen molar-refractivity contribution in [1.29, 1.82) is 0 Å². The summed E-state index contributed by atoms with van der Waals surface area (Å²) in [6.07, 6.45) is 3.99. The molecule has 5 heteroatoms. The topological polar surface area (TPSA) is 52.5 Å². The van der Waals surface area contributed by atoms with E-state index < -0.39 is 0 Å². The predicted molar refractivity (Wildman–Crippen MR) is 62.3 cm³/mol. The maximum Gasteiger partial charge on any atom is 0.225 e. The molecular formula is C11H18N4O. The molecule has 88 valence electrons. The van der Waals surface area contributed by atoms with Gasteiger partial charge in [0.1, 0.15) is 0 Å². The molecular weight excluding hydrogens is 204 g/mol. The fourth-order valence-corrected chi connectivity index (χ4v) is 2.17. The first-order valence-electron chi connectivity index (χ1n) is 5.53. The molecule has 0 saturated carbocycles. The smallest absolute Gasteiger partial charge is 0.225 e. The van der Waals surface area contributed by atoms with Gasteiger partial charge in [-0.15, -0.1) is 0 Å². The highest BCUT2D eigenvalue weighted by Gasteiger charge is 2.32. The first-order chi connectivity index (χ1) is 7.66. The molecule has 2 unspecified atom stereocenters. The van der Waals surface area contributed by atoms with Crippen LogP contribution in [0, 0.1) is 0 Å². The van der Waals surface area contributed by atoms with E-state index >= 15 is 0 Å².